The molecule has 1 N–H and O–H groups in total. The summed E-state index contributed by atoms with van der Waals surface area (Å²) in [5.41, 5.74) is 1.01. The molecule has 5 nitrogen and oxygen atoms in total. The van der Waals surface area contributed by atoms with E-state index in [1.54, 1.807) is 6.20 Å². The lowest BCUT2D eigenvalue weighted by molar-refractivity contribution is -0.131. The molecule has 5 rings (SSSR count). The Labute approximate surface area is 206 Å². The minimum absolute atomic E-state index is 0.0349. The van der Waals surface area contributed by atoms with Gasteiger partial charge in [-0.1, -0.05) is 11.6 Å². The predicted octanol–water partition coefficient (Wildman–Crippen LogP) is 6.10. The van der Waals surface area contributed by atoms with Gasteiger partial charge in [-0.2, -0.15) is 0 Å². The highest BCUT2D eigenvalue weighted by atomic mass is 35.5. The number of hydrogen-bond donors (Lipinski definition) is 1. The number of nitrogens with one attached hydrogen (secondary N) is 1. The number of amides is 1. The van der Waals surface area contributed by atoms with Gasteiger partial charge in [0, 0.05) is 35.7 Å². The number of carbonyl (C=O) groups is 1. The Morgan fingerprint density at radius 2 is 1.94 bits per heavy atom. The minimum atomic E-state index is -0.659. The smallest absolute Gasteiger partial charge is 0.230 e. The molecule has 7 heteroatoms. The van der Waals surface area contributed by atoms with Crippen molar-refractivity contribution < 1.29 is 13.9 Å². The van der Waals surface area contributed by atoms with Crippen LogP contribution in [0, 0.1) is 5.92 Å². The van der Waals surface area contributed by atoms with Crippen molar-refractivity contribution in [2.24, 2.45) is 5.92 Å². The van der Waals surface area contributed by atoms with Gasteiger partial charge in [0.15, 0.2) is 0 Å². The summed E-state index contributed by atoms with van der Waals surface area (Å²) in [5.74, 6) is 0.789. The number of benzene rings is 1. The number of ether oxygens (including phenoxy) is 1. The summed E-state index contributed by atoms with van der Waals surface area (Å²) >= 11 is 6.70. The average Bonchev–Trinajstić information content (AvgIpc) is 3.25. The highest BCUT2D eigenvalue weighted by molar-refractivity contribution is 6.32. The Morgan fingerprint density at radius 1 is 1.15 bits per heavy atom. The summed E-state index contributed by atoms with van der Waals surface area (Å²) in [6.07, 6.45) is 7.78. The molecule has 34 heavy (non-hydrogen) atoms. The number of likely N-dealkylation sites (tertiary alicyclic amines) is 1. The Balaban J connectivity index is 1.26. The molecule has 0 radical (unpaired) electrons. The predicted molar refractivity (Wildman–Crippen MR) is 134 cm³/mol. The quantitative estimate of drug-likeness (QED) is 0.566. The SMILES string of the molecule is CC1(C)CC[C@@H](C(=O)Nc2cc3cc(C4CCC(N5CC[C@@H](F)C5)CC4)c(Cl)cc3cn2)CO1. The molecule has 0 unspecified atom stereocenters. The van der Waals surface area contributed by atoms with Crippen LogP contribution in [-0.4, -0.2) is 53.3 Å². The number of rotatable bonds is 4. The monoisotopic (exact) mass is 487 g/mol. The molecule has 1 aromatic carbocycles. The number of fused-ring (bicyclic) bond motifs is 1. The lowest BCUT2D eigenvalue weighted by Crippen LogP contribution is -2.38. The summed E-state index contributed by atoms with van der Waals surface area (Å²) in [5, 5.41) is 5.77. The van der Waals surface area contributed by atoms with E-state index in [-0.39, 0.29) is 17.4 Å². The fraction of sp³-hybridized carbons (Fsp3) is 0.630. The molecule has 0 bridgehead atoms. The third kappa shape index (κ3) is 5.24. The zero-order chi connectivity index (χ0) is 23.9. The topological polar surface area (TPSA) is 54.5 Å². The molecular weight excluding hydrogens is 453 g/mol. The first-order valence-corrected chi connectivity index (χ1v) is 13.1. The number of carbonyl (C=O) groups excluding carboxylic acids is 1. The number of anilines is 1. The second kappa shape index (κ2) is 9.71. The molecule has 3 fully saturated rings. The number of hydrogen-bond acceptors (Lipinski definition) is 4. The number of nitrogens with zero attached hydrogens (tertiary/aromatic N) is 2. The molecule has 1 aromatic heterocycles. The summed E-state index contributed by atoms with van der Waals surface area (Å²) in [6, 6.07) is 6.59. The van der Waals surface area contributed by atoms with Gasteiger partial charge in [-0.3, -0.25) is 9.69 Å². The molecule has 3 aliphatic rings. The lowest BCUT2D eigenvalue weighted by Gasteiger charge is -2.35. The standard InChI is InChI=1S/C27H35ClFN3O2/c1-27(2)9-7-18(16-34-27)26(33)31-25-13-19-11-23(24(28)12-20(19)14-30-25)17-3-5-22(6-4-17)32-10-8-21(29)15-32/h11-14,17-18,21-22H,3-10,15-16H2,1-2H3,(H,30,31,33)/t17?,18-,21-,22?/m1/s1. The second-order valence-electron chi connectivity index (χ2n) is 11.0. The fourth-order valence-corrected chi connectivity index (χ4v) is 6.16. The van der Waals surface area contributed by atoms with Crippen molar-refractivity contribution in [3.05, 3.63) is 35.0 Å². The van der Waals surface area contributed by atoms with Gasteiger partial charge in [-0.05, 0) is 93.9 Å². The molecule has 1 saturated carbocycles. The van der Waals surface area contributed by atoms with E-state index in [4.69, 9.17) is 16.3 Å². The Bertz CT molecular complexity index is 1040. The van der Waals surface area contributed by atoms with Crippen LogP contribution >= 0.6 is 11.6 Å². The van der Waals surface area contributed by atoms with Gasteiger partial charge in [0.25, 0.3) is 0 Å². The molecule has 0 spiro atoms. The molecule has 2 saturated heterocycles. The summed E-state index contributed by atoms with van der Waals surface area (Å²) < 4.78 is 19.5. The molecule has 1 aliphatic carbocycles. The normalized spacial score (nSPS) is 29.9. The molecule has 184 valence electrons. The van der Waals surface area contributed by atoms with Crippen molar-refractivity contribution in [2.75, 3.05) is 25.0 Å². The summed E-state index contributed by atoms with van der Waals surface area (Å²) in [6.45, 7) is 6.05. The molecule has 2 atom stereocenters. The van der Waals surface area contributed by atoms with Crippen molar-refractivity contribution in [3.63, 3.8) is 0 Å². The van der Waals surface area contributed by atoms with E-state index in [0.29, 0.717) is 37.4 Å². The minimum Gasteiger partial charge on any atom is -0.375 e. The zero-order valence-corrected chi connectivity index (χ0v) is 20.9. The van der Waals surface area contributed by atoms with E-state index in [1.165, 1.54) is 5.56 Å². The Hall–Kier alpha value is -1.76. The fourth-order valence-electron chi connectivity index (χ4n) is 5.83. The van der Waals surface area contributed by atoms with Crippen LogP contribution in [0.4, 0.5) is 10.2 Å². The van der Waals surface area contributed by atoms with Gasteiger partial charge >= 0.3 is 0 Å². The van der Waals surface area contributed by atoms with Gasteiger partial charge in [0.1, 0.15) is 12.0 Å². The summed E-state index contributed by atoms with van der Waals surface area (Å²) in [7, 11) is 0. The van der Waals surface area contributed by atoms with Gasteiger partial charge in [0.05, 0.1) is 18.1 Å². The third-order valence-corrected chi connectivity index (χ3v) is 8.37. The second-order valence-corrected chi connectivity index (χ2v) is 11.4. The van der Waals surface area contributed by atoms with Crippen LogP contribution in [0.1, 0.15) is 70.3 Å². The Kier molecular flexibility index (Phi) is 6.84. The highest BCUT2D eigenvalue weighted by Crippen LogP contribution is 2.40. The number of halogens is 2. The van der Waals surface area contributed by atoms with E-state index in [2.05, 4.69) is 35.1 Å². The largest absolute Gasteiger partial charge is 0.375 e. The maximum atomic E-state index is 13.6. The van der Waals surface area contributed by atoms with Crippen molar-refractivity contribution in [3.8, 4) is 0 Å². The maximum Gasteiger partial charge on any atom is 0.230 e. The molecule has 1 amide bonds. The van der Waals surface area contributed by atoms with Crippen LogP contribution in [0.3, 0.4) is 0 Å². The van der Waals surface area contributed by atoms with Gasteiger partial charge in [-0.25, -0.2) is 9.37 Å². The first-order valence-electron chi connectivity index (χ1n) is 12.7. The van der Waals surface area contributed by atoms with E-state index in [9.17, 15) is 9.18 Å². The van der Waals surface area contributed by atoms with E-state index in [1.807, 2.05) is 12.1 Å². The van der Waals surface area contributed by atoms with Crippen molar-refractivity contribution in [1.82, 2.24) is 9.88 Å². The maximum absolute atomic E-state index is 13.6. The van der Waals surface area contributed by atoms with Crippen molar-refractivity contribution in [2.45, 2.75) is 82.5 Å². The molecule has 2 aromatic rings. The van der Waals surface area contributed by atoms with Gasteiger partial charge in [0.2, 0.25) is 5.91 Å². The highest BCUT2D eigenvalue weighted by Gasteiger charge is 2.33. The first-order chi connectivity index (χ1) is 16.3. The van der Waals surface area contributed by atoms with E-state index in [0.717, 1.165) is 60.9 Å². The number of pyridine rings is 1. The Morgan fingerprint density at radius 3 is 2.62 bits per heavy atom. The zero-order valence-electron chi connectivity index (χ0n) is 20.2. The van der Waals surface area contributed by atoms with Crippen LogP contribution in [0.15, 0.2) is 24.4 Å². The molecular formula is C27H35ClFN3O2. The number of alkyl halides is 1. The van der Waals surface area contributed by atoms with Crippen LogP contribution in [-0.2, 0) is 9.53 Å². The first kappa shape index (κ1) is 24.0. The van der Waals surface area contributed by atoms with Crippen LogP contribution < -0.4 is 5.32 Å². The van der Waals surface area contributed by atoms with E-state index < -0.39 is 6.17 Å². The van der Waals surface area contributed by atoms with Gasteiger partial charge in [-0.15, -0.1) is 0 Å². The van der Waals surface area contributed by atoms with E-state index >= 15 is 0 Å². The molecule has 2 aliphatic heterocycles. The van der Waals surface area contributed by atoms with Crippen LogP contribution in [0.2, 0.25) is 5.02 Å². The third-order valence-electron chi connectivity index (χ3n) is 8.04. The summed E-state index contributed by atoms with van der Waals surface area (Å²) in [4.78, 5) is 19.5. The average molecular weight is 488 g/mol. The lowest BCUT2D eigenvalue weighted by atomic mass is 9.81. The molecule has 3 heterocycles. The van der Waals surface area contributed by atoms with Crippen LogP contribution in [0.25, 0.3) is 10.8 Å². The van der Waals surface area contributed by atoms with Gasteiger partial charge < -0.3 is 10.1 Å². The number of aromatic nitrogens is 1. The van der Waals surface area contributed by atoms with Crippen LogP contribution in [0.5, 0.6) is 0 Å². The van der Waals surface area contributed by atoms with Crippen molar-refractivity contribution >= 4 is 34.1 Å². The van der Waals surface area contributed by atoms with Crippen molar-refractivity contribution in [1.29, 1.82) is 0 Å².